The zero-order chi connectivity index (χ0) is 36.2. The van der Waals surface area contributed by atoms with E-state index in [1.54, 1.807) is 12.1 Å². The predicted molar refractivity (Wildman–Crippen MR) is 201 cm³/mol. The lowest BCUT2D eigenvalue weighted by Gasteiger charge is -2.38. The first-order chi connectivity index (χ1) is 26.1. The van der Waals surface area contributed by atoms with Crippen molar-refractivity contribution in [3.05, 3.63) is 185 Å². The van der Waals surface area contributed by atoms with Gasteiger partial charge in [-0.05, 0) is 39.9 Å². The maximum atomic E-state index is 12.0. The third kappa shape index (κ3) is 9.17. The number of hydrogen-bond donors (Lipinski definition) is 2. The number of aliphatic hydroxyl groups excluding tert-OH is 2. The number of rotatable bonds is 16. The molecule has 0 aromatic heterocycles. The first-order valence-corrected chi connectivity index (χ1v) is 17.7. The van der Waals surface area contributed by atoms with Crippen LogP contribution in [-0.4, -0.2) is 29.5 Å². The van der Waals surface area contributed by atoms with E-state index in [0.29, 0.717) is 59.7 Å². The van der Waals surface area contributed by atoms with Crippen LogP contribution in [0.4, 0.5) is 0 Å². The van der Waals surface area contributed by atoms with Crippen LogP contribution in [-0.2, 0) is 31.2 Å². The summed E-state index contributed by atoms with van der Waals surface area (Å²) < 4.78 is 38.1. The Labute approximate surface area is 309 Å². The standard InChI is InChI=1S/C45H42O8/c46-23-24-48-45-42-40(52-31-35-19-11-4-12-20-35)26-37(49-28-32-13-5-1-6-14-32)27-41(42)53-44(43(45)47)36-21-22-38(50-29-33-15-7-2-8-16-33)39(25-36)51-30-34-17-9-3-10-18-34/h1-22,25-27,43-47H,23-24,28-31H2/t43-,44-,45-/m1/s1. The van der Waals surface area contributed by atoms with Crippen LogP contribution in [0.1, 0.15) is 45.6 Å². The smallest absolute Gasteiger partial charge is 0.162 e. The maximum absolute atomic E-state index is 12.0. The topological polar surface area (TPSA) is 95.8 Å². The van der Waals surface area contributed by atoms with Gasteiger partial charge in [0, 0.05) is 12.1 Å². The van der Waals surface area contributed by atoms with Gasteiger partial charge in [-0.25, -0.2) is 0 Å². The van der Waals surface area contributed by atoms with E-state index >= 15 is 0 Å². The van der Waals surface area contributed by atoms with Crippen molar-refractivity contribution >= 4 is 0 Å². The van der Waals surface area contributed by atoms with E-state index in [4.69, 9.17) is 28.4 Å². The van der Waals surface area contributed by atoms with Gasteiger partial charge < -0.3 is 38.6 Å². The van der Waals surface area contributed by atoms with E-state index in [9.17, 15) is 10.2 Å². The Morgan fingerprint density at radius 2 is 1.00 bits per heavy atom. The van der Waals surface area contributed by atoms with Crippen molar-refractivity contribution in [3.8, 4) is 28.7 Å². The highest BCUT2D eigenvalue weighted by Crippen LogP contribution is 2.50. The number of benzene rings is 6. The Morgan fingerprint density at radius 3 is 1.53 bits per heavy atom. The molecule has 1 aliphatic rings. The lowest BCUT2D eigenvalue weighted by Crippen LogP contribution is -2.36. The van der Waals surface area contributed by atoms with Crippen molar-refractivity contribution in [1.82, 2.24) is 0 Å². The SMILES string of the molecule is OCCO[C@@H]1c2c(OCc3ccccc3)cc(OCc3ccccc3)cc2O[C@H](c2ccc(OCc3ccccc3)c(OCc3ccccc3)c2)[C@H]1O. The van der Waals surface area contributed by atoms with Crippen LogP contribution in [0.2, 0.25) is 0 Å². The molecule has 53 heavy (non-hydrogen) atoms. The van der Waals surface area contributed by atoms with Gasteiger partial charge in [0.15, 0.2) is 17.6 Å². The average Bonchev–Trinajstić information content (AvgIpc) is 3.21. The number of aliphatic hydroxyl groups is 2. The molecule has 0 bridgehead atoms. The van der Waals surface area contributed by atoms with Crippen molar-refractivity contribution < 1.29 is 38.6 Å². The summed E-state index contributed by atoms with van der Waals surface area (Å²) in [6, 6.07) is 48.6. The van der Waals surface area contributed by atoms with Crippen molar-refractivity contribution in [2.75, 3.05) is 13.2 Å². The molecule has 0 amide bonds. The zero-order valence-corrected chi connectivity index (χ0v) is 29.3. The molecule has 7 rings (SSSR count). The monoisotopic (exact) mass is 710 g/mol. The Bertz CT molecular complexity index is 2020. The van der Waals surface area contributed by atoms with Crippen LogP contribution in [0.3, 0.4) is 0 Å². The van der Waals surface area contributed by atoms with Gasteiger partial charge in [-0.1, -0.05) is 127 Å². The van der Waals surface area contributed by atoms with E-state index in [2.05, 4.69) is 0 Å². The van der Waals surface area contributed by atoms with Crippen LogP contribution < -0.4 is 23.7 Å². The highest BCUT2D eigenvalue weighted by Gasteiger charge is 2.42. The molecule has 0 aliphatic carbocycles. The fraction of sp³-hybridized carbons (Fsp3) is 0.200. The minimum Gasteiger partial charge on any atom is -0.489 e. The summed E-state index contributed by atoms with van der Waals surface area (Å²) in [5.41, 5.74) is 5.18. The molecule has 0 fully saturated rings. The number of ether oxygens (including phenoxy) is 6. The minimum absolute atomic E-state index is 0.00400. The van der Waals surface area contributed by atoms with Crippen LogP contribution in [0.15, 0.2) is 152 Å². The Morgan fingerprint density at radius 1 is 0.509 bits per heavy atom. The summed E-state index contributed by atoms with van der Waals surface area (Å²) >= 11 is 0. The first kappa shape index (κ1) is 35.6. The summed E-state index contributed by atoms with van der Waals surface area (Å²) in [4.78, 5) is 0. The fourth-order valence-corrected chi connectivity index (χ4v) is 6.20. The molecular weight excluding hydrogens is 668 g/mol. The Balaban J connectivity index is 1.23. The van der Waals surface area contributed by atoms with Gasteiger partial charge in [0.05, 0.1) is 18.8 Å². The highest BCUT2D eigenvalue weighted by atomic mass is 16.5. The molecular formula is C45H42O8. The normalized spacial score (nSPS) is 16.2. The summed E-state index contributed by atoms with van der Waals surface area (Å²) in [7, 11) is 0. The van der Waals surface area contributed by atoms with Crippen LogP contribution in [0.25, 0.3) is 0 Å². The maximum Gasteiger partial charge on any atom is 0.162 e. The molecule has 8 heteroatoms. The molecule has 0 unspecified atom stereocenters. The van der Waals surface area contributed by atoms with Crippen molar-refractivity contribution in [2.24, 2.45) is 0 Å². The third-order valence-corrected chi connectivity index (χ3v) is 8.88. The van der Waals surface area contributed by atoms with E-state index < -0.39 is 18.3 Å². The zero-order valence-electron chi connectivity index (χ0n) is 29.3. The molecule has 0 saturated carbocycles. The van der Waals surface area contributed by atoms with E-state index in [-0.39, 0.29) is 19.8 Å². The lowest BCUT2D eigenvalue weighted by atomic mass is 9.91. The fourth-order valence-electron chi connectivity index (χ4n) is 6.20. The molecule has 6 aromatic carbocycles. The van der Waals surface area contributed by atoms with Gasteiger partial charge in [-0.3, -0.25) is 0 Å². The Kier molecular flexibility index (Phi) is 11.8. The summed E-state index contributed by atoms with van der Waals surface area (Å²) in [6.07, 6.45) is -2.95. The molecule has 6 aromatic rings. The number of fused-ring (bicyclic) bond motifs is 1. The molecule has 0 saturated heterocycles. The summed E-state index contributed by atoms with van der Waals surface area (Å²) in [6.45, 7) is 1.04. The molecule has 0 spiro atoms. The Hall–Kier alpha value is -5.80. The quantitative estimate of drug-likeness (QED) is 0.103. The second-order valence-corrected chi connectivity index (χ2v) is 12.7. The van der Waals surface area contributed by atoms with Gasteiger partial charge in [-0.2, -0.15) is 0 Å². The van der Waals surface area contributed by atoms with Crippen molar-refractivity contribution in [1.29, 1.82) is 0 Å². The van der Waals surface area contributed by atoms with Crippen LogP contribution in [0, 0.1) is 0 Å². The van der Waals surface area contributed by atoms with Crippen LogP contribution >= 0.6 is 0 Å². The van der Waals surface area contributed by atoms with Gasteiger partial charge in [0.1, 0.15) is 55.9 Å². The minimum atomic E-state index is -1.18. The van der Waals surface area contributed by atoms with Gasteiger partial charge in [-0.15, -0.1) is 0 Å². The average molecular weight is 711 g/mol. The molecule has 3 atom stereocenters. The van der Waals surface area contributed by atoms with E-state index in [0.717, 1.165) is 22.3 Å². The molecule has 1 heterocycles. The molecule has 2 N–H and O–H groups in total. The first-order valence-electron chi connectivity index (χ1n) is 17.7. The lowest BCUT2D eigenvalue weighted by molar-refractivity contribution is -0.108. The van der Waals surface area contributed by atoms with Crippen LogP contribution in [0.5, 0.6) is 28.7 Å². The van der Waals surface area contributed by atoms with Gasteiger partial charge in [0.2, 0.25) is 0 Å². The summed E-state index contributed by atoms with van der Waals surface area (Å²) in [5, 5.41) is 21.8. The largest absolute Gasteiger partial charge is 0.489 e. The second-order valence-electron chi connectivity index (χ2n) is 12.7. The predicted octanol–water partition coefficient (Wildman–Crippen LogP) is 8.55. The van der Waals surface area contributed by atoms with Crippen molar-refractivity contribution in [2.45, 2.75) is 44.7 Å². The van der Waals surface area contributed by atoms with E-state index in [1.807, 2.05) is 140 Å². The third-order valence-electron chi connectivity index (χ3n) is 8.88. The number of hydrogen-bond acceptors (Lipinski definition) is 8. The van der Waals surface area contributed by atoms with Gasteiger partial charge >= 0.3 is 0 Å². The highest BCUT2D eigenvalue weighted by molar-refractivity contribution is 5.55. The molecule has 1 aliphatic heterocycles. The van der Waals surface area contributed by atoms with Crippen molar-refractivity contribution in [3.63, 3.8) is 0 Å². The molecule has 0 radical (unpaired) electrons. The van der Waals surface area contributed by atoms with Gasteiger partial charge in [0.25, 0.3) is 0 Å². The molecule has 8 nitrogen and oxygen atoms in total. The second kappa shape index (κ2) is 17.6. The van der Waals surface area contributed by atoms with E-state index in [1.165, 1.54) is 0 Å². The molecule has 270 valence electrons. The summed E-state index contributed by atoms with van der Waals surface area (Å²) in [5.74, 6) is 2.48.